The zero-order chi connectivity index (χ0) is 25.8. The Morgan fingerprint density at radius 1 is 1.06 bits per heavy atom. The summed E-state index contributed by atoms with van der Waals surface area (Å²) in [6.07, 6.45) is 0.132. The topological polar surface area (TPSA) is 79.9 Å². The van der Waals surface area contributed by atoms with Crippen LogP contribution in [0.2, 0.25) is 10.0 Å². The van der Waals surface area contributed by atoms with Gasteiger partial charge in [-0.3, -0.25) is 20.4 Å². The summed E-state index contributed by atoms with van der Waals surface area (Å²) in [5.74, 6) is -0.0218. The molecule has 188 valence electrons. The summed E-state index contributed by atoms with van der Waals surface area (Å²) in [4.78, 5) is 27.2. The number of aryl methyl sites for hydroxylation is 2. The second-order valence-corrected chi connectivity index (χ2v) is 9.43. The van der Waals surface area contributed by atoms with Crippen LogP contribution in [0.5, 0.6) is 11.5 Å². The monoisotopic (exact) mass is 527 g/mol. The molecule has 1 aliphatic heterocycles. The van der Waals surface area contributed by atoms with E-state index in [4.69, 9.17) is 32.7 Å². The van der Waals surface area contributed by atoms with Crippen molar-refractivity contribution in [2.24, 2.45) is 5.92 Å². The van der Waals surface area contributed by atoms with Gasteiger partial charge >= 0.3 is 0 Å². The molecule has 0 spiro atoms. The van der Waals surface area contributed by atoms with Crippen molar-refractivity contribution in [3.8, 4) is 11.5 Å². The standard InChI is InChI=1S/C27H27Cl2N3O4/c1-16-10-11-19(12-17(16)2)32-14-18(13-25(32)33)27(34)31-30-23-8-5-9-24(35-3)26(23)36-15-20-21(28)6-4-7-22(20)29/h4-12,18,30H,13-15H2,1-3H3,(H,31,34)/t18-/m0/s1. The van der Waals surface area contributed by atoms with Crippen molar-refractivity contribution in [1.82, 2.24) is 5.43 Å². The zero-order valence-electron chi connectivity index (χ0n) is 20.2. The van der Waals surface area contributed by atoms with Crippen molar-refractivity contribution in [3.63, 3.8) is 0 Å². The number of hydrogen-bond acceptors (Lipinski definition) is 5. The number of para-hydroxylation sites is 1. The van der Waals surface area contributed by atoms with Crippen LogP contribution in [0, 0.1) is 19.8 Å². The average Bonchev–Trinajstić information content (AvgIpc) is 3.25. The first kappa shape index (κ1) is 25.7. The lowest BCUT2D eigenvalue weighted by atomic mass is 10.1. The van der Waals surface area contributed by atoms with Crippen LogP contribution in [0.3, 0.4) is 0 Å². The number of carbonyl (C=O) groups excluding carboxylic acids is 2. The second-order valence-electron chi connectivity index (χ2n) is 8.61. The van der Waals surface area contributed by atoms with E-state index in [0.29, 0.717) is 39.3 Å². The van der Waals surface area contributed by atoms with Crippen LogP contribution >= 0.6 is 23.2 Å². The molecule has 4 rings (SSSR count). The van der Waals surface area contributed by atoms with E-state index in [9.17, 15) is 9.59 Å². The molecule has 2 N–H and O–H groups in total. The lowest BCUT2D eigenvalue weighted by Gasteiger charge is -2.19. The lowest BCUT2D eigenvalue weighted by Crippen LogP contribution is -2.36. The van der Waals surface area contributed by atoms with Gasteiger partial charge in [-0.1, -0.05) is 41.4 Å². The van der Waals surface area contributed by atoms with Gasteiger partial charge in [-0.25, -0.2) is 0 Å². The van der Waals surface area contributed by atoms with E-state index in [1.807, 2.05) is 32.0 Å². The lowest BCUT2D eigenvalue weighted by molar-refractivity contribution is -0.125. The van der Waals surface area contributed by atoms with Gasteiger partial charge in [0.25, 0.3) is 0 Å². The molecule has 0 aromatic heterocycles. The molecule has 9 heteroatoms. The van der Waals surface area contributed by atoms with E-state index in [1.54, 1.807) is 41.3 Å². The Labute approximate surface area is 220 Å². The van der Waals surface area contributed by atoms with Gasteiger partial charge in [0, 0.05) is 34.3 Å². The van der Waals surface area contributed by atoms with Crippen LogP contribution in [-0.4, -0.2) is 25.5 Å². The average molecular weight is 528 g/mol. The molecule has 36 heavy (non-hydrogen) atoms. The molecule has 0 radical (unpaired) electrons. The van der Waals surface area contributed by atoms with Crippen molar-refractivity contribution in [3.05, 3.63) is 81.3 Å². The SMILES string of the molecule is COc1cccc(NNC(=O)[C@H]2CC(=O)N(c3ccc(C)c(C)c3)C2)c1OCc1c(Cl)cccc1Cl. The Morgan fingerprint density at radius 3 is 2.47 bits per heavy atom. The Balaban J connectivity index is 1.44. The summed E-state index contributed by atoms with van der Waals surface area (Å²) in [6, 6.07) is 16.3. The van der Waals surface area contributed by atoms with Gasteiger partial charge in [0.1, 0.15) is 6.61 Å². The number of nitrogens with one attached hydrogen (secondary N) is 2. The predicted molar refractivity (Wildman–Crippen MR) is 142 cm³/mol. The van der Waals surface area contributed by atoms with Crippen molar-refractivity contribution in [2.45, 2.75) is 26.9 Å². The summed E-state index contributed by atoms with van der Waals surface area (Å²) in [5.41, 5.74) is 9.80. The van der Waals surface area contributed by atoms with Crippen LogP contribution in [0.1, 0.15) is 23.1 Å². The number of nitrogens with zero attached hydrogens (tertiary/aromatic N) is 1. The Kier molecular flexibility index (Phi) is 7.91. The Bertz CT molecular complexity index is 1280. The van der Waals surface area contributed by atoms with E-state index in [0.717, 1.165) is 16.8 Å². The predicted octanol–water partition coefficient (Wildman–Crippen LogP) is 5.69. The van der Waals surface area contributed by atoms with Gasteiger partial charge in [-0.15, -0.1) is 0 Å². The minimum atomic E-state index is -0.497. The molecule has 1 heterocycles. The Hall–Kier alpha value is -3.42. The molecule has 1 atom stereocenters. The zero-order valence-corrected chi connectivity index (χ0v) is 21.7. The summed E-state index contributed by atoms with van der Waals surface area (Å²) < 4.78 is 11.4. The summed E-state index contributed by atoms with van der Waals surface area (Å²) in [6.45, 7) is 4.43. The third-order valence-corrected chi connectivity index (χ3v) is 6.95. The first-order chi connectivity index (χ1) is 17.3. The normalized spacial score (nSPS) is 15.1. The highest BCUT2D eigenvalue weighted by molar-refractivity contribution is 6.35. The van der Waals surface area contributed by atoms with Crippen molar-refractivity contribution < 1.29 is 19.1 Å². The molecule has 0 saturated carbocycles. The van der Waals surface area contributed by atoms with Gasteiger partial charge < -0.3 is 14.4 Å². The number of anilines is 2. The van der Waals surface area contributed by atoms with Gasteiger partial charge in [0.05, 0.1) is 18.7 Å². The van der Waals surface area contributed by atoms with Crippen LogP contribution in [0.25, 0.3) is 0 Å². The van der Waals surface area contributed by atoms with Crippen LogP contribution < -0.4 is 25.2 Å². The Morgan fingerprint density at radius 2 is 1.78 bits per heavy atom. The molecule has 3 aromatic rings. The maximum absolute atomic E-state index is 12.9. The molecule has 0 bridgehead atoms. The number of benzene rings is 3. The molecular formula is C27H27Cl2N3O4. The van der Waals surface area contributed by atoms with E-state index in [-0.39, 0.29) is 24.8 Å². The molecule has 1 saturated heterocycles. The molecule has 3 aromatic carbocycles. The summed E-state index contributed by atoms with van der Waals surface area (Å²) in [7, 11) is 1.53. The number of methoxy groups -OCH3 is 1. The molecule has 0 aliphatic carbocycles. The van der Waals surface area contributed by atoms with Crippen molar-refractivity contribution >= 4 is 46.4 Å². The first-order valence-corrected chi connectivity index (χ1v) is 12.2. The smallest absolute Gasteiger partial charge is 0.243 e. The van der Waals surface area contributed by atoms with Gasteiger partial charge in [0.15, 0.2) is 11.5 Å². The highest BCUT2D eigenvalue weighted by Gasteiger charge is 2.35. The molecular weight excluding hydrogens is 501 g/mol. The minimum absolute atomic E-state index is 0.0829. The van der Waals surface area contributed by atoms with E-state index >= 15 is 0 Å². The molecule has 1 aliphatic rings. The first-order valence-electron chi connectivity index (χ1n) is 11.4. The molecule has 7 nitrogen and oxygen atoms in total. The van der Waals surface area contributed by atoms with Crippen molar-refractivity contribution in [1.29, 1.82) is 0 Å². The van der Waals surface area contributed by atoms with Crippen molar-refractivity contribution in [2.75, 3.05) is 24.0 Å². The number of rotatable bonds is 8. The van der Waals surface area contributed by atoms with Crippen LogP contribution in [-0.2, 0) is 16.2 Å². The quantitative estimate of drug-likeness (QED) is 0.367. The highest BCUT2D eigenvalue weighted by atomic mass is 35.5. The van der Waals surface area contributed by atoms with E-state index in [2.05, 4.69) is 10.9 Å². The fourth-order valence-electron chi connectivity index (χ4n) is 4.00. The van der Waals surface area contributed by atoms with Crippen LogP contribution in [0.4, 0.5) is 11.4 Å². The largest absolute Gasteiger partial charge is 0.493 e. The second kappa shape index (κ2) is 11.1. The molecule has 2 amide bonds. The van der Waals surface area contributed by atoms with Gasteiger partial charge in [-0.2, -0.15) is 0 Å². The number of amides is 2. The van der Waals surface area contributed by atoms with Gasteiger partial charge in [-0.05, 0) is 61.4 Å². The van der Waals surface area contributed by atoms with Gasteiger partial charge in [0.2, 0.25) is 11.8 Å². The maximum Gasteiger partial charge on any atom is 0.243 e. The number of carbonyl (C=O) groups is 2. The number of hydrogen-bond donors (Lipinski definition) is 2. The summed E-state index contributed by atoms with van der Waals surface area (Å²) in [5, 5.41) is 0.971. The minimum Gasteiger partial charge on any atom is -0.493 e. The number of hydrazine groups is 1. The summed E-state index contributed by atoms with van der Waals surface area (Å²) >= 11 is 12.5. The fourth-order valence-corrected chi connectivity index (χ4v) is 4.50. The number of halogens is 2. The molecule has 0 unspecified atom stereocenters. The van der Waals surface area contributed by atoms with E-state index < -0.39 is 5.92 Å². The maximum atomic E-state index is 12.9. The fraction of sp³-hybridized carbons (Fsp3) is 0.259. The number of ether oxygens (including phenoxy) is 2. The highest BCUT2D eigenvalue weighted by Crippen LogP contribution is 2.37. The van der Waals surface area contributed by atoms with E-state index in [1.165, 1.54) is 7.11 Å². The third-order valence-electron chi connectivity index (χ3n) is 6.24. The molecule has 1 fully saturated rings. The third kappa shape index (κ3) is 5.53. The van der Waals surface area contributed by atoms with Crippen LogP contribution in [0.15, 0.2) is 54.6 Å².